The number of ether oxygens (including phenoxy) is 1. The molecule has 128 valence electrons. The summed E-state index contributed by atoms with van der Waals surface area (Å²) in [4.78, 5) is 22.6. The molecule has 0 saturated heterocycles. The SMILES string of the molecule is CC1(OC(=O)CCNC(=O)C(F)(F)S(=O)(=O)O)CCCCC1. The van der Waals surface area contributed by atoms with E-state index in [1.807, 2.05) is 0 Å². The second-order valence-electron chi connectivity index (χ2n) is 5.48. The third-order valence-corrected chi connectivity index (χ3v) is 4.31. The molecule has 0 spiro atoms. The molecule has 1 fully saturated rings. The van der Waals surface area contributed by atoms with Crippen molar-refractivity contribution >= 4 is 22.0 Å². The Labute approximate surface area is 127 Å². The predicted molar refractivity (Wildman–Crippen MR) is 71.7 cm³/mol. The van der Waals surface area contributed by atoms with Crippen molar-refractivity contribution in [1.29, 1.82) is 0 Å². The van der Waals surface area contributed by atoms with E-state index in [9.17, 15) is 26.8 Å². The van der Waals surface area contributed by atoms with Gasteiger partial charge in [-0.1, -0.05) is 6.42 Å². The van der Waals surface area contributed by atoms with Crippen molar-refractivity contribution in [3.63, 3.8) is 0 Å². The number of carbonyl (C=O) groups excluding carboxylic acids is 2. The highest BCUT2D eigenvalue weighted by Gasteiger charge is 2.52. The summed E-state index contributed by atoms with van der Waals surface area (Å²) in [5.41, 5.74) is -0.586. The van der Waals surface area contributed by atoms with Gasteiger partial charge in [-0.05, 0) is 32.6 Å². The third-order valence-electron chi connectivity index (χ3n) is 3.47. The smallest absolute Gasteiger partial charge is 0.446 e. The number of esters is 1. The van der Waals surface area contributed by atoms with Gasteiger partial charge < -0.3 is 10.1 Å². The molecular formula is C12H19F2NO6S. The molecule has 1 rings (SSSR count). The highest BCUT2D eigenvalue weighted by atomic mass is 32.2. The van der Waals surface area contributed by atoms with E-state index in [4.69, 9.17) is 9.29 Å². The Morgan fingerprint density at radius 1 is 1.27 bits per heavy atom. The second-order valence-corrected chi connectivity index (χ2v) is 6.95. The predicted octanol–water partition coefficient (Wildman–Crippen LogP) is 1.24. The van der Waals surface area contributed by atoms with Crippen molar-refractivity contribution in [2.45, 2.75) is 56.3 Å². The quantitative estimate of drug-likeness (QED) is 0.555. The van der Waals surface area contributed by atoms with E-state index >= 15 is 0 Å². The average Bonchev–Trinajstić information content (AvgIpc) is 2.37. The number of hydrogen-bond acceptors (Lipinski definition) is 5. The fourth-order valence-electron chi connectivity index (χ4n) is 2.23. The molecule has 1 aliphatic carbocycles. The molecule has 0 aromatic heterocycles. The van der Waals surface area contributed by atoms with Gasteiger partial charge in [0.2, 0.25) is 0 Å². The van der Waals surface area contributed by atoms with Crippen molar-refractivity contribution in [2.75, 3.05) is 6.54 Å². The maximum Gasteiger partial charge on any atom is 0.446 e. The standard InChI is InChI=1S/C12H19F2NO6S/c1-11(6-3-2-4-7-11)21-9(16)5-8-15-10(17)12(13,14)22(18,19)20/h2-8H2,1H3,(H,15,17)(H,18,19,20). The molecule has 1 aliphatic rings. The van der Waals surface area contributed by atoms with E-state index in [0.29, 0.717) is 12.8 Å². The number of carbonyl (C=O) groups is 2. The van der Waals surface area contributed by atoms with Crippen LogP contribution in [-0.2, 0) is 24.4 Å². The van der Waals surface area contributed by atoms with Crippen molar-refractivity contribution in [3.05, 3.63) is 0 Å². The van der Waals surface area contributed by atoms with E-state index < -0.39 is 39.4 Å². The lowest BCUT2D eigenvalue weighted by Crippen LogP contribution is -2.46. The topological polar surface area (TPSA) is 110 Å². The van der Waals surface area contributed by atoms with Crippen LogP contribution < -0.4 is 5.32 Å². The van der Waals surface area contributed by atoms with Crippen LogP contribution in [0.15, 0.2) is 0 Å². The van der Waals surface area contributed by atoms with Crippen LogP contribution >= 0.6 is 0 Å². The largest absolute Gasteiger partial charge is 0.459 e. The average molecular weight is 343 g/mol. The maximum absolute atomic E-state index is 12.9. The van der Waals surface area contributed by atoms with Crippen molar-refractivity contribution in [2.24, 2.45) is 0 Å². The molecule has 0 aliphatic heterocycles. The van der Waals surface area contributed by atoms with E-state index in [1.165, 1.54) is 0 Å². The van der Waals surface area contributed by atoms with Gasteiger partial charge in [-0.3, -0.25) is 14.1 Å². The molecule has 10 heteroatoms. The molecule has 0 aromatic carbocycles. The van der Waals surface area contributed by atoms with Crippen molar-refractivity contribution in [1.82, 2.24) is 5.32 Å². The van der Waals surface area contributed by atoms with Gasteiger partial charge in [0, 0.05) is 6.54 Å². The lowest BCUT2D eigenvalue weighted by molar-refractivity contribution is -0.161. The number of amides is 1. The molecule has 7 nitrogen and oxygen atoms in total. The van der Waals surface area contributed by atoms with Gasteiger partial charge in [0.1, 0.15) is 5.60 Å². The third kappa shape index (κ3) is 4.87. The Morgan fingerprint density at radius 2 is 1.82 bits per heavy atom. The summed E-state index contributed by atoms with van der Waals surface area (Å²) < 4.78 is 60.0. The van der Waals surface area contributed by atoms with E-state index in [2.05, 4.69) is 0 Å². The first-order valence-electron chi connectivity index (χ1n) is 6.83. The normalized spacial score (nSPS) is 18.5. The van der Waals surface area contributed by atoms with Gasteiger partial charge >= 0.3 is 27.2 Å². The first-order chi connectivity index (χ1) is 9.98. The molecule has 0 aromatic rings. The number of hydrogen-bond donors (Lipinski definition) is 2. The van der Waals surface area contributed by atoms with Gasteiger partial charge in [-0.2, -0.15) is 17.2 Å². The van der Waals surface area contributed by atoms with Crippen LogP contribution in [0.3, 0.4) is 0 Å². The summed E-state index contributed by atoms with van der Waals surface area (Å²) in [6, 6.07) is 0. The molecular weight excluding hydrogens is 324 g/mol. The summed E-state index contributed by atoms with van der Waals surface area (Å²) in [5, 5.41) is -3.37. The summed E-state index contributed by atoms with van der Waals surface area (Å²) in [7, 11) is -5.85. The Kier molecular flexibility index (Phi) is 5.85. The molecule has 22 heavy (non-hydrogen) atoms. The van der Waals surface area contributed by atoms with Crippen LogP contribution in [0.4, 0.5) is 8.78 Å². The van der Waals surface area contributed by atoms with Crippen LogP contribution in [0.25, 0.3) is 0 Å². The first kappa shape index (κ1) is 18.8. The lowest BCUT2D eigenvalue weighted by Gasteiger charge is -2.33. The first-order valence-corrected chi connectivity index (χ1v) is 8.27. The zero-order valence-electron chi connectivity index (χ0n) is 12.1. The zero-order chi connectivity index (χ0) is 17.0. The van der Waals surface area contributed by atoms with Crippen LogP contribution in [0.1, 0.15) is 45.4 Å². The number of halogens is 2. The van der Waals surface area contributed by atoms with E-state index in [1.54, 1.807) is 12.2 Å². The fourth-order valence-corrected chi connectivity index (χ4v) is 2.53. The van der Waals surface area contributed by atoms with Gasteiger partial charge in [-0.25, -0.2) is 0 Å². The van der Waals surface area contributed by atoms with Crippen LogP contribution in [-0.4, -0.2) is 42.2 Å². The number of nitrogens with one attached hydrogen (secondary N) is 1. The fraction of sp³-hybridized carbons (Fsp3) is 0.833. The molecule has 2 N–H and O–H groups in total. The van der Waals surface area contributed by atoms with Crippen molar-refractivity contribution in [3.8, 4) is 0 Å². The van der Waals surface area contributed by atoms with Gasteiger partial charge in [-0.15, -0.1) is 0 Å². The van der Waals surface area contributed by atoms with Crippen LogP contribution in [0.5, 0.6) is 0 Å². The van der Waals surface area contributed by atoms with Crippen LogP contribution in [0, 0.1) is 0 Å². The maximum atomic E-state index is 12.9. The summed E-state index contributed by atoms with van der Waals surface area (Å²) >= 11 is 0. The minimum atomic E-state index is -5.85. The Hall–Kier alpha value is -1.29. The monoisotopic (exact) mass is 343 g/mol. The highest BCUT2D eigenvalue weighted by Crippen LogP contribution is 2.31. The molecule has 0 atom stereocenters. The molecule has 0 radical (unpaired) electrons. The minimum Gasteiger partial charge on any atom is -0.459 e. The van der Waals surface area contributed by atoms with E-state index in [0.717, 1.165) is 19.3 Å². The summed E-state index contributed by atoms with van der Waals surface area (Å²) in [5.74, 6) is -2.86. The molecule has 0 heterocycles. The second kappa shape index (κ2) is 6.86. The Balaban J connectivity index is 2.41. The number of alkyl halides is 2. The van der Waals surface area contributed by atoms with Crippen LogP contribution in [0.2, 0.25) is 0 Å². The van der Waals surface area contributed by atoms with Gasteiger partial charge in [0.25, 0.3) is 0 Å². The number of rotatable bonds is 6. The van der Waals surface area contributed by atoms with Gasteiger partial charge in [0.15, 0.2) is 0 Å². The Bertz CT molecular complexity index is 528. The lowest BCUT2D eigenvalue weighted by atomic mass is 9.86. The zero-order valence-corrected chi connectivity index (χ0v) is 12.9. The molecule has 1 saturated carbocycles. The molecule has 0 unspecified atom stereocenters. The van der Waals surface area contributed by atoms with Crippen molar-refractivity contribution < 1.29 is 36.1 Å². The highest BCUT2D eigenvalue weighted by molar-refractivity contribution is 7.87. The van der Waals surface area contributed by atoms with E-state index in [-0.39, 0.29) is 6.42 Å². The molecule has 1 amide bonds. The molecule has 0 bridgehead atoms. The Morgan fingerprint density at radius 3 is 2.32 bits per heavy atom. The summed E-state index contributed by atoms with van der Waals surface area (Å²) in [6.45, 7) is 1.27. The summed E-state index contributed by atoms with van der Waals surface area (Å²) in [6.07, 6.45) is 3.98. The minimum absolute atomic E-state index is 0.372. The van der Waals surface area contributed by atoms with Gasteiger partial charge in [0.05, 0.1) is 6.42 Å².